The summed E-state index contributed by atoms with van der Waals surface area (Å²) in [5, 5.41) is 13.4. The molecule has 204 valence electrons. The number of sulfone groups is 1. The predicted molar refractivity (Wildman–Crippen MR) is 148 cm³/mol. The maximum absolute atomic E-state index is 14.6. The highest BCUT2D eigenvalue weighted by Crippen LogP contribution is 2.47. The number of amides is 1. The van der Waals surface area contributed by atoms with Gasteiger partial charge in [-0.25, -0.2) is 17.8 Å². The Balaban J connectivity index is 1.47. The molecule has 2 aromatic rings. The molecule has 0 unspecified atom stereocenters. The average molecular weight is 559 g/mol. The van der Waals surface area contributed by atoms with E-state index in [-0.39, 0.29) is 35.2 Å². The predicted octanol–water partition coefficient (Wildman–Crippen LogP) is 4.74. The van der Waals surface area contributed by atoms with Gasteiger partial charge in [0.25, 0.3) is 0 Å². The van der Waals surface area contributed by atoms with Gasteiger partial charge in [-0.15, -0.1) is 11.3 Å². The van der Waals surface area contributed by atoms with E-state index in [9.17, 15) is 22.9 Å². The van der Waals surface area contributed by atoms with Crippen LogP contribution >= 0.6 is 11.3 Å². The van der Waals surface area contributed by atoms with Gasteiger partial charge in [0.2, 0.25) is 5.91 Å². The van der Waals surface area contributed by atoms with Crippen molar-refractivity contribution in [2.24, 2.45) is 5.92 Å². The number of carbonyl (C=O) groups excluding carboxylic acids is 1. The number of halogens is 1. The molecule has 1 aromatic carbocycles. The van der Waals surface area contributed by atoms with Crippen molar-refractivity contribution in [2.75, 3.05) is 29.5 Å². The number of nitrogens with zero attached hydrogens (tertiary/aromatic N) is 3. The number of hydrogen-bond donors (Lipinski definition) is 1. The smallest absolute Gasteiger partial charge is 0.225 e. The van der Waals surface area contributed by atoms with E-state index in [1.807, 2.05) is 24.3 Å². The molecule has 2 heterocycles. The SMILES string of the molecule is CC(C)(C)c1nc([C@@H]2CC[C@H](F)C[C@H]2C(=O)NC2(C#N)CC2)c(-c2ccc(N3CCS(=O)(=O)CC3)cc2)s1. The summed E-state index contributed by atoms with van der Waals surface area (Å²) >= 11 is 1.62. The maximum Gasteiger partial charge on any atom is 0.225 e. The highest BCUT2D eigenvalue weighted by molar-refractivity contribution is 7.91. The highest BCUT2D eigenvalue weighted by Gasteiger charge is 2.48. The van der Waals surface area contributed by atoms with Crippen molar-refractivity contribution in [3.8, 4) is 16.5 Å². The fourth-order valence-electron chi connectivity index (χ4n) is 5.36. The summed E-state index contributed by atoms with van der Waals surface area (Å²) < 4.78 is 38.3. The van der Waals surface area contributed by atoms with Crippen molar-refractivity contribution < 1.29 is 17.6 Å². The van der Waals surface area contributed by atoms with Gasteiger partial charge in [-0.05, 0) is 49.8 Å². The number of thiazole rings is 1. The number of aromatic nitrogens is 1. The fourth-order valence-corrected chi connectivity index (χ4v) is 7.76. The number of alkyl halides is 1. The van der Waals surface area contributed by atoms with Gasteiger partial charge < -0.3 is 10.2 Å². The molecule has 1 aliphatic heterocycles. The molecule has 10 heteroatoms. The number of rotatable bonds is 5. The van der Waals surface area contributed by atoms with Gasteiger partial charge >= 0.3 is 0 Å². The van der Waals surface area contributed by atoms with Crippen LogP contribution in [0, 0.1) is 17.2 Å². The number of nitriles is 1. The highest BCUT2D eigenvalue weighted by atomic mass is 32.2. The molecule has 3 aliphatic rings. The van der Waals surface area contributed by atoms with E-state index in [2.05, 4.69) is 37.1 Å². The van der Waals surface area contributed by atoms with E-state index >= 15 is 0 Å². The van der Waals surface area contributed by atoms with Crippen molar-refractivity contribution in [2.45, 2.75) is 75.9 Å². The molecule has 5 rings (SSSR count). The van der Waals surface area contributed by atoms with E-state index in [1.54, 1.807) is 11.3 Å². The quantitative estimate of drug-likeness (QED) is 0.569. The van der Waals surface area contributed by atoms with Crippen LogP contribution in [-0.2, 0) is 20.0 Å². The van der Waals surface area contributed by atoms with Crippen LogP contribution in [-0.4, -0.2) is 55.6 Å². The molecule has 1 saturated heterocycles. The molecule has 3 fully saturated rings. The molecule has 0 spiro atoms. The lowest BCUT2D eigenvalue weighted by atomic mass is 9.75. The van der Waals surface area contributed by atoms with Crippen LogP contribution in [0.5, 0.6) is 0 Å². The average Bonchev–Trinajstić information content (AvgIpc) is 3.49. The molecule has 38 heavy (non-hydrogen) atoms. The van der Waals surface area contributed by atoms with E-state index in [1.165, 1.54) is 0 Å². The third-order valence-electron chi connectivity index (χ3n) is 7.93. The van der Waals surface area contributed by atoms with Crippen molar-refractivity contribution in [1.29, 1.82) is 5.26 Å². The van der Waals surface area contributed by atoms with Crippen LogP contribution in [0.25, 0.3) is 10.4 Å². The summed E-state index contributed by atoms with van der Waals surface area (Å²) in [5.74, 6) is -0.728. The first-order valence-electron chi connectivity index (χ1n) is 13.3. The lowest BCUT2D eigenvalue weighted by Gasteiger charge is -2.33. The van der Waals surface area contributed by atoms with Crippen molar-refractivity contribution in [1.82, 2.24) is 10.3 Å². The largest absolute Gasteiger partial charge is 0.369 e. The Labute approximate surface area is 228 Å². The molecule has 1 amide bonds. The van der Waals surface area contributed by atoms with E-state index in [0.29, 0.717) is 38.8 Å². The Kier molecular flexibility index (Phi) is 7.06. The molecular weight excluding hydrogens is 523 g/mol. The molecule has 1 N–H and O–H groups in total. The first-order valence-corrected chi connectivity index (χ1v) is 16.0. The van der Waals surface area contributed by atoms with Crippen LogP contribution in [0.1, 0.15) is 69.5 Å². The monoisotopic (exact) mass is 558 g/mol. The van der Waals surface area contributed by atoms with Crippen molar-refractivity contribution in [3.05, 3.63) is 35.0 Å². The summed E-state index contributed by atoms with van der Waals surface area (Å²) in [4.78, 5) is 21.5. The molecular formula is C28H35FN4O3S2. The van der Waals surface area contributed by atoms with Gasteiger partial charge in [-0.2, -0.15) is 5.26 Å². The Morgan fingerprint density at radius 1 is 1.18 bits per heavy atom. The molecule has 7 nitrogen and oxygen atoms in total. The van der Waals surface area contributed by atoms with E-state index < -0.39 is 27.5 Å². The number of nitrogens with one attached hydrogen (secondary N) is 1. The minimum absolute atomic E-state index is 0.136. The summed E-state index contributed by atoms with van der Waals surface area (Å²) in [5.41, 5.74) is 1.82. The summed E-state index contributed by atoms with van der Waals surface area (Å²) in [6, 6.07) is 10.3. The van der Waals surface area contributed by atoms with Gasteiger partial charge in [-0.3, -0.25) is 4.79 Å². The summed E-state index contributed by atoms with van der Waals surface area (Å²) in [6.07, 6.45) is 1.27. The number of hydrogen-bond acceptors (Lipinski definition) is 7. The second-order valence-electron chi connectivity index (χ2n) is 12.0. The summed E-state index contributed by atoms with van der Waals surface area (Å²) in [6.45, 7) is 7.29. The van der Waals surface area contributed by atoms with Gasteiger partial charge in [-0.1, -0.05) is 32.9 Å². The van der Waals surface area contributed by atoms with Gasteiger partial charge in [0.15, 0.2) is 9.84 Å². The maximum atomic E-state index is 14.6. The minimum atomic E-state index is -2.96. The first-order chi connectivity index (χ1) is 17.9. The number of benzene rings is 1. The minimum Gasteiger partial charge on any atom is -0.369 e. The van der Waals surface area contributed by atoms with Gasteiger partial charge in [0.1, 0.15) is 11.7 Å². The van der Waals surface area contributed by atoms with Gasteiger partial charge in [0, 0.05) is 36.0 Å². The molecule has 3 atom stereocenters. The van der Waals surface area contributed by atoms with Crippen LogP contribution in [0.2, 0.25) is 0 Å². The lowest BCUT2D eigenvalue weighted by molar-refractivity contribution is -0.128. The molecule has 1 aromatic heterocycles. The van der Waals surface area contributed by atoms with Crippen LogP contribution in [0.4, 0.5) is 10.1 Å². The molecule has 0 radical (unpaired) electrons. The Morgan fingerprint density at radius 3 is 2.42 bits per heavy atom. The molecule has 2 aliphatic carbocycles. The zero-order chi connectivity index (χ0) is 27.3. The molecule has 2 saturated carbocycles. The number of carbonyl (C=O) groups is 1. The second kappa shape index (κ2) is 9.91. The second-order valence-corrected chi connectivity index (χ2v) is 15.3. The van der Waals surface area contributed by atoms with Crippen molar-refractivity contribution in [3.63, 3.8) is 0 Å². The first kappa shape index (κ1) is 27.1. The van der Waals surface area contributed by atoms with Crippen LogP contribution in [0.3, 0.4) is 0 Å². The van der Waals surface area contributed by atoms with Crippen molar-refractivity contribution >= 4 is 32.8 Å². The van der Waals surface area contributed by atoms with Crippen LogP contribution in [0.15, 0.2) is 24.3 Å². The Morgan fingerprint density at radius 2 is 1.84 bits per heavy atom. The zero-order valence-electron chi connectivity index (χ0n) is 22.2. The third kappa shape index (κ3) is 5.59. The third-order valence-corrected chi connectivity index (χ3v) is 11.1. The van der Waals surface area contributed by atoms with Crippen LogP contribution < -0.4 is 10.2 Å². The fraction of sp³-hybridized carbons (Fsp3) is 0.607. The Hall–Kier alpha value is -2.51. The zero-order valence-corrected chi connectivity index (χ0v) is 23.8. The summed E-state index contributed by atoms with van der Waals surface area (Å²) in [7, 11) is -2.96. The standard InChI is InChI=1S/C28H35FN4O3S2/c1-27(2,3)26-31-23(21-9-6-19(29)16-22(21)25(34)32-28(17-30)10-11-28)24(37-26)18-4-7-20(8-5-18)33-12-14-38(35,36)15-13-33/h4-5,7-8,19,21-22H,6,9-16H2,1-3H3,(H,32,34)/t19-,21+,22+/m0/s1. The Bertz CT molecular complexity index is 1340. The van der Waals surface area contributed by atoms with E-state index in [4.69, 9.17) is 4.98 Å². The molecule has 0 bridgehead atoms. The topological polar surface area (TPSA) is 103 Å². The number of anilines is 1. The van der Waals surface area contributed by atoms with Gasteiger partial charge in [0.05, 0.1) is 33.2 Å². The van der Waals surface area contributed by atoms with E-state index in [0.717, 1.165) is 26.8 Å². The normalized spacial score (nSPS) is 26.4. The lowest BCUT2D eigenvalue weighted by Crippen LogP contribution is -2.44.